The molecule has 0 saturated heterocycles. The molecule has 0 spiro atoms. The lowest BCUT2D eigenvalue weighted by Crippen LogP contribution is -2.21. The summed E-state index contributed by atoms with van der Waals surface area (Å²) in [6.07, 6.45) is 1.06. The van der Waals surface area contributed by atoms with Gasteiger partial charge in [-0.25, -0.2) is 9.37 Å². The molecule has 5 rings (SSSR count). The molecule has 1 aliphatic rings. The molecule has 34 heavy (non-hydrogen) atoms. The number of carbonyl (C=O) groups excluding carboxylic acids is 1. The van der Waals surface area contributed by atoms with E-state index in [0.717, 1.165) is 6.20 Å². The monoisotopic (exact) mass is 491 g/mol. The second-order valence-corrected chi connectivity index (χ2v) is 8.21. The lowest BCUT2D eigenvalue weighted by atomic mass is 10.0. The Bertz CT molecular complexity index is 1380. The average Bonchev–Trinajstić information content (AvgIpc) is 3.37. The zero-order valence-corrected chi connectivity index (χ0v) is 18.4. The van der Waals surface area contributed by atoms with Crippen molar-refractivity contribution >= 4 is 34.2 Å². The number of carbonyl (C=O) groups is 1. The van der Waals surface area contributed by atoms with Gasteiger partial charge < -0.3 is 19.4 Å². The lowest BCUT2D eigenvalue weighted by Gasteiger charge is -2.23. The minimum absolute atomic E-state index is 0.0424. The number of alkyl halides is 3. The molecule has 0 bridgehead atoms. The number of benzene rings is 2. The van der Waals surface area contributed by atoms with Gasteiger partial charge in [-0.1, -0.05) is 0 Å². The van der Waals surface area contributed by atoms with Crippen LogP contribution >= 0.6 is 11.6 Å². The number of nitrogens with zero attached hydrogens (tertiary/aromatic N) is 3. The lowest BCUT2D eigenvalue weighted by molar-refractivity contribution is -0.0964. The van der Waals surface area contributed by atoms with Gasteiger partial charge in [0.25, 0.3) is 5.91 Å². The molecule has 12 heteroatoms. The Morgan fingerprint density at radius 1 is 1.32 bits per heavy atom. The van der Waals surface area contributed by atoms with Gasteiger partial charge in [0.2, 0.25) is 0 Å². The minimum Gasteiger partial charge on any atom is -0.420 e. The molecule has 3 heterocycles. The highest BCUT2D eigenvalue weighted by molar-refractivity contribution is 6.20. The zero-order valence-electron chi connectivity index (χ0n) is 17.6. The summed E-state index contributed by atoms with van der Waals surface area (Å²) in [4.78, 5) is 17.6. The number of hydrogen-bond donors (Lipinski definition) is 2. The minimum atomic E-state index is -3.84. The quantitative estimate of drug-likeness (QED) is 0.380. The number of amides is 1. The van der Waals surface area contributed by atoms with E-state index in [9.17, 15) is 18.0 Å². The van der Waals surface area contributed by atoms with Crippen molar-refractivity contribution in [2.75, 3.05) is 11.9 Å². The second-order valence-electron chi connectivity index (χ2n) is 7.77. The maximum Gasteiger partial charge on any atom is 0.487 e. The van der Waals surface area contributed by atoms with Crippen molar-refractivity contribution in [1.82, 2.24) is 19.7 Å². The van der Waals surface area contributed by atoms with Crippen LogP contribution in [0.1, 0.15) is 29.1 Å². The fourth-order valence-corrected chi connectivity index (χ4v) is 4.07. The maximum atomic E-state index is 14.5. The predicted molar refractivity (Wildman–Crippen MR) is 117 cm³/mol. The summed E-state index contributed by atoms with van der Waals surface area (Å²) in [6, 6.07) is 8.37. The van der Waals surface area contributed by atoms with Gasteiger partial charge in [-0.3, -0.25) is 9.89 Å². The number of aromatic amines is 1. The molecule has 0 fully saturated rings. The largest absolute Gasteiger partial charge is 0.487 e. The highest BCUT2D eigenvalue weighted by Gasteiger charge is 2.28. The third kappa shape index (κ3) is 4.19. The first-order valence-corrected chi connectivity index (χ1v) is 10.6. The number of anilines is 1. The summed E-state index contributed by atoms with van der Waals surface area (Å²) in [5.74, 6) is -0.578. The predicted octanol–water partition coefficient (Wildman–Crippen LogP) is 5.08. The van der Waals surface area contributed by atoms with Gasteiger partial charge in [0.05, 0.1) is 29.9 Å². The van der Waals surface area contributed by atoms with Crippen molar-refractivity contribution in [3.8, 4) is 17.0 Å². The van der Waals surface area contributed by atoms with E-state index >= 15 is 0 Å². The fourth-order valence-electron chi connectivity index (χ4n) is 3.98. The topological polar surface area (TPSA) is 94.1 Å². The van der Waals surface area contributed by atoms with E-state index < -0.39 is 17.3 Å². The summed E-state index contributed by atoms with van der Waals surface area (Å²) in [6.45, 7) is 2.73. The molecule has 0 saturated carbocycles. The van der Waals surface area contributed by atoms with Gasteiger partial charge in [-0.15, -0.1) is 8.78 Å². The first-order chi connectivity index (χ1) is 16.2. The van der Waals surface area contributed by atoms with Gasteiger partial charge in [0.1, 0.15) is 23.9 Å². The summed E-state index contributed by atoms with van der Waals surface area (Å²) in [5, 5.41) is 9.09. The molecule has 1 aliphatic heterocycles. The molecule has 1 atom stereocenters. The second kappa shape index (κ2) is 8.33. The molecule has 0 unspecified atom stereocenters. The van der Waals surface area contributed by atoms with E-state index in [1.165, 1.54) is 24.3 Å². The van der Waals surface area contributed by atoms with Gasteiger partial charge in [0.15, 0.2) is 5.82 Å². The van der Waals surface area contributed by atoms with Gasteiger partial charge in [0, 0.05) is 28.4 Å². The van der Waals surface area contributed by atoms with Crippen LogP contribution in [0.25, 0.3) is 22.3 Å². The molecule has 8 nitrogen and oxygen atoms in total. The van der Waals surface area contributed by atoms with Crippen LogP contribution in [0.4, 0.5) is 18.9 Å². The van der Waals surface area contributed by atoms with E-state index in [-0.39, 0.29) is 23.0 Å². The third-order valence-electron chi connectivity index (χ3n) is 5.36. The molecule has 4 aromatic rings. The van der Waals surface area contributed by atoms with Crippen molar-refractivity contribution in [2.24, 2.45) is 0 Å². The Balaban J connectivity index is 1.53. The number of aromatic nitrogens is 4. The number of H-pyrrole nitrogens is 1. The van der Waals surface area contributed by atoms with E-state index in [2.05, 4.69) is 25.2 Å². The number of ether oxygens (including phenoxy) is 2. The number of halogens is 4. The number of rotatable bonds is 5. The van der Waals surface area contributed by atoms with Gasteiger partial charge in [-0.05, 0) is 43.3 Å². The smallest absolute Gasteiger partial charge is 0.420 e. The molecular weight excluding hydrogens is 475 g/mol. The number of imidazole rings is 1. The standard InChI is InChI=1S/C22H17ClF3N5O3/c1-11-9-33-10-18-29-17-7-12(6-15(20(17)31(11)18)19-16(24)8-27-30-19)21(32)28-13-2-4-14(5-3-13)34-22(23,25)26/h2-8,11H,9-10H2,1H3,(H,27,30)(H,28,32)/t11-/m1/s1. The van der Waals surface area contributed by atoms with E-state index in [1.807, 2.05) is 11.5 Å². The normalized spacial score (nSPS) is 15.9. The van der Waals surface area contributed by atoms with E-state index in [4.69, 9.17) is 16.3 Å². The molecule has 2 N–H and O–H groups in total. The van der Waals surface area contributed by atoms with Crippen LogP contribution in [0.3, 0.4) is 0 Å². The van der Waals surface area contributed by atoms with Crippen LogP contribution in [-0.2, 0) is 11.3 Å². The summed E-state index contributed by atoms with van der Waals surface area (Å²) in [7, 11) is 0. The Kier molecular flexibility index (Phi) is 5.45. The molecule has 176 valence electrons. The first kappa shape index (κ1) is 22.2. The number of hydrogen-bond acceptors (Lipinski definition) is 5. The maximum absolute atomic E-state index is 14.5. The summed E-state index contributed by atoms with van der Waals surface area (Å²) in [5.41, 5.74) is -1.58. The number of fused-ring (bicyclic) bond motifs is 3. The van der Waals surface area contributed by atoms with Crippen LogP contribution in [0.15, 0.2) is 42.6 Å². The summed E-state index contributed by atoms with van der Waals surface area (Å²) < 4.78 is 51.9. The van der Waals surface area contributed by atoms with Crippen molar-refractivity contribution in [3.63, 3.8) is 0 Å². The Hall–Kier alpha value is -3.57. The molecule has 1 amide bonds. The zero-order chi connectivity index (χ0) is 24.0. The SMILES string of the molecule is C[C@@H]1COCc2nc3cc(C(=O)Nc4ccc(OC(F)(F)Cl)cc4)cc(-c4[nH]ncc4F)c3n21. The van der Waals surface area contributed by atoms with Crippen molar-refractivity contribution in [3.05, 3.63) is 59.8 Å². The van der Waals surface area contributed by atoms with E-state index in [0.29, 0.717) is 41.3 Å². The first-order valence-electron chi connectivity index (χ1n) is 10.2. The average molecular weight is 492 g/mol. The van der Waals surface area contributed by atoms with Crippen LogP contribution in [0.2, 0.25) is 0 Å². The molecule has 0 aliphatic carbocycles. The third-order valence-corrected chi connectivity index (χ3v) is 5.44. The Morgan fingerprint density at radius 3 is 2.76 bits per heavy atom. The van der Waals surface area contributed by atoms with Crippen molar-refractivity contribution in [1.29, 1.82) is 0 Å². The Labute approximate surface area is 195 Å². The van der Waals surface area contributed by atoms with Gasteiger partial charge in [-0.2, -0.15) is 5.10 Å². The Morgan fingerprint density at radius 2 is 2.09 bits per heavy atom. The molecular formula is C22H17ClF3N5O3. The molecule has 0 radical (unpaired) electrons. The molecule has 2 aromatic carbocycles. The van der Waals surface area contributed by atoms with Crippen LogP contribution in [-0.4, -0.2) is 37.8 Å². The van der Waals surface area contributed by atoms with Crippen molar-refractivity contribution in [2.45, 2.75) is 25.1 Å². The highest BCUT2D eigenvalue weighted by Crippen LogP contribution is 2.35. The fraction of sp³-hybridized carbons (Fsp3) is 0.227. The van der Waals surface area contributed by atoms with Crippen molar-refractivity contribution < 1.29 is 27.4 Å². The van der Waals surface area contributed by atoms with E-state index in [1.54, 1.807) is 12.1 Å². The highest BCUT2D eigenvalue weighted by atomic mass is 35.5. The number of nitrogens with one attached hydrogen (secondary N) is 2. The van der Waals surface area contributed by atoms with Crippen LogP contribution in [0, 0.1) is 5.82 Å². The summed E-state index contributed by atoms with van der Waals surface area (Å²) >= 11 is 4.76. The molecule has 2 aromatic heterocycles. The van der Waals surface area contributed by atoms with Crippen LogP contribution < -0.4 is 10.1 Å². The van der Waals surface area contributed by atoms with Gasteiger partial charge >= 0.3 is 5.57 Å². The van der Waals surface area contributed by atoms with Crippen LogP contribution in [0.5, 0.6) is 5.75 Å².